The van der Waals surface area contributed by atoms with E-state index >= 15 is 0 Å². The monoisotopic (exact) mass is 751 g/mol. The summed E-state index contributed by atoms with van der Waals surface area (Å²) in [4.78, 5) is 15.8. The predicted octanol–water partition coefficient (Wildman–Crippen LogP) is 13.8. The van der Waals surface area contributed by atoms with E-state index in [-0.39, 0.29) is 0 Å². The Labute approximate surface area is 339 Å². The number of aromatic nitrogens is 5. The first-order chi connectivity index (χ1) is 28.7. The van der Waals surface area contributed by atoms with Gasteiger partial charge in [0.05, 0.1) is 22.1 Å². The van der Waals surface area contributed by atoms with Crippen LogP contribution < -0.4 is 0 Å². The summed E-state index contributed by atoms with van der Waals surface area (Å²) >= 11 is 0. The lowest BCUT2D eigenvalue weighted by Crippen LogP contribution is -2.06. The molecule has 0 bridgehead atoms. The molecule has 0 saturated carbocycles. The molecule has 3 aromatic heterocycles. The summed E-state index contributed by atoms with van der Waals surface area (Å²) in [5.41, 5.74) is 12.6. The maximum atomic E-state index is 5.36. The van der Waals surface area contributed by atoms with Gasteiger partial charge >= 0.3 is 0 Å². The number of nitrogens with zero attached hydrogens (tertiary/aromatic N) is 5. The fraction of sp³-hybridized carbons (Fsp3) is 0.151. The Hall–Kier alpha value is -6.85. The van der Waals surface area contributed by atoms with Crippen molar-refractivity contribution < 1.29 is 0 Å². The third kappa shape index (κ3) is 6.33. The lowest BCUT2D eigenvalue weighted by atomic mass is 10.0. The Bertz CT molecular complexity index is 3070. The molecule has 7 aromatic carbocycles. The summed E-state index contributed by atoms with van der Waals surface area (Å²) in [6.07, 6.45) is 6.75. The van der Waals surface area contributed by atoms with E-state index in [0.717, 1.165) is 64.7 Å². The summed E-state index contributed by atoms with van der Waals surface area (Å²) in [5, 5.41) is 4.94. The molecule has 10 rings (SSSR count). The lowest BCUT2D eigenvalue weighted by Gasteiger charge is -2.12. The van der Waals surface area contributed by atoms with Gasteiger partial charge in [0.15, 0.2) is 11.6 Å². The predicted molar refractivity (Wildman–Crippen MR) is 242 cm³/mol. The van der Waals surface area contributed by atoms with Gasteiger partial charge in [0.25, 0.3) is 0 Å². The molecule has 0 radical (unpaired) electrons. The van der Waals surface area contributed by atoms with Crippen LogP contribution in [-0.4, -0.2) is 24.1 Å². The first kappa shape index (κ1) is 35.6. The topological polar surface area (TPSA) is 48.5 Å². The van der Waals surface area contributed by atoms with E-state index in [9.17, 15) is 0 Å². The molecule has 5 heteroatoms. The van der Waals surface area contributed by atoms with Crippen LogP contribution in [0.1, 0.15) is 50.7 Å². The quantitative estimate of drug-likeness (QED) is 0.132. The van der Waals surface area contributed by atoms with Crippen molar-refractivity contribution in [3.05, 3.63) is 175 Å². The molecule has 3 heterocycles. The summed E-state index contributed by atoms with van der Waals surface area (Å²) in [5.74, 6) is 1.87. The molecule has 0 aliphatic carbocycles. The first-order valence-electron chi connectivity index (χ1n) is 20.7. The minimum atomic E-state index is 0.596. The van der Waals surface area contributed by atoms with Crippen LogP contribution in [0.25, 0.3) is 89.2 Å². The van der Waals surface area contributed by atoms with Crippen molar-refractivity contribution in [2.45, 2.75) is 52.4 Å². The van der Waals surface area contributed by atoms with Gasteiger partial charge in [-0.2, -0.15) is 9.97 Å². The molecule has 5 nitrogen and oxygen atoms in total. The molecular weight excluding hydrogens is 707 g/mol. The highest BCUT2D eigenvalue weighted by atomic mass is 15.2. The Balaban J connectivity index is 1.29. The van der Waals surface area contributed by atoms with E-state index in [2.05, 4.69) is 163 Å². The second-order valence-electron chi connectivity index (χ2n) is 15.4. The molecule has 0 unspecified atom stereocenters. The van der Waals surface area contributed by atoms with Gasteiger partial charge in [-0.05, 0) is 96.5 Å². The highest BCUT2D eigenvalue weighted by Gasteiger charge is 2.23. The number of aryl methyl sites for hydroxylation is 2. The molecule has 0 atom stereocenters. The Morgan fingerprint density at radius 3 is 1.64 bits per heavy atom. The minimum Gasteiger partial charge on any atom is -0.309 e. The molecule has 58 heavy (non-hydrogen) atoms. The van der Waals surface area contributed by atoms with Gasteiger partial charge in [0.2, 0.25) is 5.95 Å². The second-order valence-corrected chi connectivity index (χ2v) is 15.4. The Morgan fingerprint density at radius 1 is 0.414 bits per heavy atom. The van der Waals surface area contributed by atoms with Crippen LogP contribution in [0.2, 0.25) is 0 Å². The smallest absolute Gasteiger partial charge is 0.238 e. The van der Waals surface area contributed by atoms with Crippen LogP contribution in [-0.2, 0) is 12.8 Å². The summed E-state index contributed by atoms with van der Waals surface area (Å²) < 4.78 is 4.74. The van der Waals surface area contributed by atoms with E-state index in [4.69, 9.17) is 15.0 Å². The number of para-hydroxylation sites is 1. The number of hydrogen-bond acceptors (Lipinski definition) is 3. The van der Waals surface area contributed by atoms with Gasteiger partial charge in [-0.25, -0.2) is 4.98 Å². The van der Waals surface area contributed by atoms with Crippen molar-refractivity contribution >= 4 is 43.6 Å². The van der Waals surface area contributed by atoms with Crippen molar-refractivity contribution in [3.63, 3.8) is 0 Å². The van der Waals surface area contributed by atoms with Crippen molar-refractivity contribution in [1.82, 2.24) is 24.1 Å². The Morgan fingerprint density at radius 2 is 0.966 bits per heavy atom. The standard InChI is InChI=1S/C53H45N5/c1-3-5-17-36-27-30-46-44(33-36)43-29-32-48-49(50(43)57(46)42-25-14-9-15-26-42)45-34-37(18-6-4-2)28-31-47(45)58(48)53-55-51(39-21-12-8-13-22-39)54-52(56-53)41-24-16-23-40(35-41)38-19-10-7-11-20-38/h7-16,19-35H,3-6,17-18H2,1-2H3. The van der Waals surface area contributed by atoms with Gasteiger partial charge in [0, 0.05) is 38.4 Å². The lowest BCUT2D eigenvalue weighted by molar-refractivity contribution is 0.796. The van der Waals surface area contributed by atoms with E-state index in [1.54, 1.807) is 0 Å². The maximum Gasteiger partial charge on any atom is 0.238 e. The average Bonchev–Trinajstić information content (AvgIpc) is 3.80. The SMILES string of the molecule is CCCCc1ccc2c(c1)c1c(ccc3c4cc(CCCC)ccc4n(-c4ccccc4)c31)n2-c1nc(-c2ccccc2)nc(-c2cccc(-c3ccccc3)c2)n1. The largest absolute Gasteiger partial charge is 0.309 e. The number of fused-ring (bicyclic) bond motifs is 7. The molecule has 0 spiro atoms. The van der Waals surface area contributed by atoms with E-state index in [0.29, 0.717) is 17.6 Å². The molecular formula is C53H45N5. The maximum absolute atomic E-state index is 5.36. The van der Waals surface area contributed by atoms with Gasteiger partial charge in [0.1, 0.15) is 0 Å². The minimum absolute atomic E-state index is 0.596. The molecule has 0 amide bonds. The molecule has 10 aromatic rings. The van der Waals surface area contributed by atoms with Gasteiger partial charge in [-0.1, -0.05) is 142 Å². The van der Waals surface area contributed by atoms with Crippen LogP contribution >= 0.6 is 0 Å². The average molecular weight is 752 g/mol. The summed E-state index contributed by atoms with van der Waals surface area (Å²) in [6, 6.07) is 58.8. The van der Waals surface area contributed by atoms with Gasteiger partial charge < -0.3 is 4.57 Å². The van der Waals surface area contributed by atoms with Crippen molar-refractivity contribution in [2.24, 2.45) is 0 Å². The van der Waals surface area contributed by atoms with E-state index < -0.39 is 0 Å². The van der Waals surface area contributed by atoms with Crippen LogP contribution in [0.3, 0.4) is 0 Å². The summed E-state index contributed by atoms with van der Waals surface area (Å²) in [6.45, 7) is 4.53. The number of hydrogen-bond donors (Lipinski definition) is 0. The zero-order chi connectivity index (χ0) is 39.0. The molecule has 0 N–H and O–H groups in total. The fourth-order valence-corrected chi connectivity index (χ4v) is 8.62. The number of benzene rings is 7. The first-order valence-corrected chi connectivity index (χ1v) is 20.7. The van der Waals surface area contributed by atoms with Crippen molar-refractivity contribution in [2.75, 3.05) is 0 Å². The molecule has 282 valence electrons. The van der Waals surface area contributed by atoms with E-state index in [1.807, 2.05) is 24.3 Å². The van der Waals surface area contributed by atoms with Crippen LogP contribution in [0.5, 0.6) is 0 Å². The number of rotatable bonds is 11. The zero-order valence-electron chi connectivity index (χ0n) is 33.1. The third-order valence-electron chi connectivity index (χ3n) is 11.5. The molecule has 0 aliphatic heterocycles. The normalized spacial score (nSPS) is 11.7. The second kappa shape index (κ2) is 15.2. The third-order valence-corrected chi connectivity index (χ3v) is 11.5. The molecule has 0 saturated heterocycles. The number of unbranched alkanes of at least 4 members (excludes halogenated alkanes) is 2. The van der Waals surface area contributed by atoms with Crippen LogP contribution in [0.4, 0.5) is 0 Å². The Kier molecular flexibility index (Phi) is 9.34. The zero-order valence-corrected chi connectivity index (χ0v) is 33.1. The fourth-order valence-electron chi connectivity index (χ4n) is 8.62. The molecule has 0 fully saturated rings. The van der Waals surface area contributed by atoms with Crippen LogP contribution in [0.15, 0.2) is 164 Å². The van der Waals surface area contributed by atoms with Crippen molar-refractivity contribution in [3.8, 4) is 45.5 Å². The van der Waals surface area contributed by atoms with Crippen LogP contribution in [0, 0.1) is 0 Å². The van der Waals surface area contributed by atoms with E-state index in [1.165, 1.54) is 56.5 Å². The van der Waals surface area contributed by atoms with Crippen molar-refractivity contribution in [1.29, 1.82) is 0 Å². The summed E-state index contributed by atoms with van der Waals surface area (Å²) in [7, 11) is 0. The highest BCUT2D eigenvalue weighted by molar-refractivity contribution is 6.26. The molecule has 0 aliphatic rings. The van der Waals surface area contributed by atoms with Gasteiger partial charge in [-0.3, -0.25) is 4.57 Å². The van der Waals surface area contributed by atoms with Gasteiger partial charge in [-0.15, -0.1) is 0 Å². The highest BCUT2D eigenvalue weighted by Crippen LogP contribution is 2.43.